The van der Waals surface area contributed by atoms with Gasteiger partial charge in [0, 0.05) is 12.6 Å². The van der Waals surface area contributed by atoms with E-state index in [9.17, 15) is 9.18 Å². The van der Waals surface area contributed by atoms with Crippen molar-refractivity contribution < 1.29 is 9.18 Å². The van der Waals surface area contributed by atoms with E-state index in [0.717, 1.165) is 0 Å². The second kappa shape index (κ2) is 3.65. The molecule has 2 rings (SSSR count). The standard InChI is InChI=1S/C11H9FN2O/c1-14-7-13-5-10(14)9-4-2-3-8(6-15)11(9)12/h2-7H,1H3. The predicted molar refractivity (Wildman–Crippen MR) is 54.0 cm³/mol. The van der Waals surface area contributed by atoms with E-state index in [0.29, 0.717) is 17.5 Å². The van der Waals surface area contributed by atoms with Crippen LogP contribution in [0.2, 0.25) is 0 Å². The van der Waals surface area contributed by atoms with Crippen molar-refractivity contribution in [2.75, 3.05) is 0 Å². The monoisotopic (exact) mass is 204 g/mol. The highest BCUT2D eigenvalue weighted by Crippen LogP contribution is 2.23. The number of carbonyl (C=O) groups is 1. The lowest BCUT2D eigenvalue weighted by molar-refractivity contribution is 0.112. The Morgan fingerprint density at radius 3 is 2.87 bits per heavy atom. The van der Waals surface area contributed by atoms with Crippen LogP contribution in [0, 0.1) is 5.82 Å². The fraction of sp³-hybridized carbons (Fsp3) is 0.0909. The molecule has 0 aliphatic heterocycles. The number of nitrogens with zero attached hydrogens (tertiary/aromatic N) is 2. The Kier molecular flexibility index (Phi) is 2.33. The van der Waals surface area contributed by atoms with E-state index in [4.69, 9.17) is 0 Å². The summed E-state index contributed by atoms with van der Waals surface area (Å²) in [5.41, 5.74) is 1.10. The third-order valence-corrected chi connectivity index (χ3v) is 2.25. The number of halogens is 1. The van der Waals surface area contributed by atoms with Crippen LogP contribution in [0.5, 0.6) is 0 Å². The first-order valence-electron chi connectivity index (χ1n) is 4.44. The Morgan fingerprint density at radius 2 is 2.27 bits per heavy atom. The lowest BCUT2D eigenvalue weighted by Crippen LogP contribution is -1.95. The van der Waals surface area contributed by atoms with Gasteiger partial charge in [-0.25, -0.2) is 9.37 Å². The lowest BCUT2D eigenvalue weighted by atomic mass is 10.1. The number of imidazole rings is 1. The summed E-state index contributed by atoms with van der Waals surface area (Å²) in [5.74, 6) is -0.504. The van der Waals surface area contributed by atoms with E-state index < -0.39 is 5.82 Å². The number of carbonyl (C=O) groups excluding carboxylic acids is 1. The number of aldehydes is 1. The van der Waals surface area contributed by atoms with Crippen LogP contribution in [0.3, 0.4) is 0 Å². The Balaban J connectivity index is 2.64. The van der Waals surface area contributed by atoms with Crippen molar-refractivity contribution in [3.8, 4) is 11.3 Å². The first-order chi connectivity index (χ1) is 7.24. The van der Waals surface area contributed by atoms with Crippen LogP contribution in [0.25, 0.3) is 11.3 Å². The molecule has 3 nitrogen and oxygen atoms in total. The molecule has 0 saturated carbocycles. The van der Waals surface area contributed by atoms with Gasteiger partial charge in [-0.1, -0.05) is 6.07 Å². The average molecular weight is 204 g/mol. The van der Waals surface area contributed by atoms with E-state index in [1.54, 1.807) is 36.3 Å². The van der Waals surface area contributed by atoms with Gasteiger partial charge in [0.05, 0.1) is 23.8 Å². The van der Waals surface area contributed by atoms with Gasteiger partial charge in [0.1, 0.15) is 5.82 Å². The minimum absolute atomic E-state index is 0.0636. The van der Waals surface area contributed by atoms with Crippen LogP contribution in [0.4, 0.5) is 4.39 Å². The third-order valence-electron chi connectivity index (χ3n) is 2.25. The molecule has 0 radical (unpaired) electrons. The van der Waals surface area contributed by atoms with Gasteiger partial charge in [-0.05, 0) is 12.1 Å². The molecule has 0 saturated heterocycles. The second-order valence-corrected chi connectivity index (χ2v) is 3.22. The molecule has 0 aliphatic carbocycles. The fourth-order valence-electron chi connectivity index (χ4n) is 1.46. The van der Waals surface area contributed by atoms with Crippen LogP contribution in [0.15, 0.2) is 30.7 Å². The second-order valence-electron chi connectivity index (χ2n) is 3.22. The topological polar surface area (TPSA) is 34.9 Å². The molecule has 0 amide bonds. The van der Waals surface area contributed by atoms with Gasteiger partial charge in [0.2, 0.25) is 0 Å². The van der Waals surface area contributed by atoms with Crippen molar-refractivity contribution in [3.63, 3.8) is 0 Å². The Morgan fingerprint density at radius 1 is 1.47 bits per heavy atom. The average Bonchev–Trinajstić information content (AvgIpc) is 2.65. The summed E-state index contributed by atoms with van der Waals surface area (Å²) in [6.45, 7) is 0. The zero-order valence-corrected chi connectivity index (χ0v) is 8.14. The Bertz CT molecular complexity index is 505. The zero-order valence-electron chi connectivity index (χ0n) is 8.14. The van der Waals surface area contributed by atoms with Gasteiger partial charge < -0.3 is 4.57 Å². The maximum Gasteiger partial charge on any atom is 0.153 e. The molecule has 2 aromatic rings. The highest BCUT2D eigenvalue weighted by atomic mass is 19.1. The van der Waals surface area contributed by atoms with Crippen molar-refractivity contribution in [2.45, 2.75) is 0 Å². The molecule has 76 valence electrons. The molecule has 0 fully saturated rings. The molecule has 0 aliphatic rings. The lowest BCUT2D eigenvalue weighted by Gasteiger charge is -2.04. The summed E-state index contributed by atoms with van der Waals surface area (Å²) >= 11 is 0. The first kappa shape index (κ1) is 9.58. The van der Waals surface area contributed by atoms with Gasteiger partial charge in [0.15, 0.2) is 6.29 Å². The van der Waals surface area contributed by atoms with Gasteiger partial charge >= 0.3 is 0 Å². The smallest absolute Gasteiger partial charge is 0.153 e. The van der Waals surface area contributed by atoms with Crippen molar-refractivity contribution in [2.24, 2.45) is 7.05 Å². The highest BCUT2D eigenvalue weighted by Gasteiger charge is 2.11. The summed E-state index contributed by atoms with van der Waals surface area (Å²) in [7, 11) is 1.77. The summed E-state index contributed by atoms with van der Waals surface area (Å²) < 4.78 is 15.4. The Labute approximate surface area is 86.2 Å². The van der Waals surface area contributed by atoms with Crippen LogP contribution in [-0.4, -0.2) is 15.8 Å². The summed E-state index contributed by atoms with van der Waals surface area (Å²) in [6, 6.07) is 4.72. The van der Waals surface area contributed by atoms with Crippen LogP contribution < -0.4 is 0 Å². The van der Waals surface area contributed by atoms with Gasteiger partial charge in [-0.3, -0.25) is 4.79 Å². The molecule has 1 aromatic carbocycles. The van der Waals surface area contributed by atoms with E-state index >= 15 is 0 Å². The van der Waals surface area contributed by atoms with E-state index in [-0.39, 0.29) is 5.56 Å². The number of hydrogen-bond donors (Lipinski definition) is 0. The number of aryl methyl sites for hydroxylation is 1. The van der Waals surface area contributed by atoms with Gasteiger partial charge in [-0.2, -0.15) is 0 Å². The van der Waals surface area contributed by atoms with Gasteiger partial charge in [-0.15, -0.1) is 0 Å². The van der Waals surface area contributed by atoms with Crippen molar-refractivity contribution in [1.29, 1.82) is 0 Å². The zero-order chi connectivity index (χ0) is 10.8. The molecule has 0 spiro atoms. The van der Waals surface area contributed by atoms with Crippen LogP contribution in [0.1, 0.15) is 10.4 Å². The van der Waals surface area contributed by atoms with Crippen molar-refractivity contribution in [3.05, 3.63) is 42.1 Å². The molecule has 4 heteroatoms. The molecule has 0 N–H and O–H groups in total. The van der Waals surface area contributed by atoms with E-state index in [1.807, 2.05) is 0 Å². The van der Waals surface area contributed by atoms with E-state index in [2.05, 4.69) is 4.98 Å². The number of benzene rings is 1. The number of rotatable bonds is 2. The SMILES string of the molecule is Cn1cncc1-c1cccc(C=O)c1F. The fourth-order valence-corrected chi connectivity index (χ4v) is 1.46. The van der Waals surface area contributed by atoms with E-state index in [1.165, 1.54) is 6.07 Å². The van der Waals surface area contributed by atoms with Crippen LogP contribution >= 0.6 is 0 Å². The van der Waals surface area contributed by atoms with Crippen LogP contribution in [-0.2, 0) is 7.05 Å². The maximum atomic E-state index is 13.7. The minimum atomic E-state index is -0.504. The molecule has 0 bridgehead atoms. The molecule has 1 heterocycles. The quantitative estimate of drug-likeness (QED) is 0.701. The third kappa shape index (κ3) is 1.54. The normalized spacial score (nSPS) is 10.3. The summed E-state index contributed by atoms with van der Waals surface area (Å²) in [6.07, 6.45) is 3.66. The molecular weight excluding hydrogens is 195 g/mol. The Hall–Kier alpha value is -1.97. The maximum absolute atomic E-state index is 13.7. The predicted octanol–water partition coefficient (Wildman–Crippen LogP) is 2.04. The number of aromatic nitrogens is 2. The first-order valence-corrected chi connectivity index (χ1v) is 4.44. The molecular formula is C11H9FN2O. The summed E-state index contributed by atoms with van der Waals surface area (Å²) in [5, 5.41) is 0. The molecule has 0 atom stereocenters. The highest BCUT2D eigenvalue weighted by molar-refractivity contribution is 5.79. The summed E-state index contributed by atoms with van der Waals surface area (Å²) in [4.78, 5) is 14.5. The molecule has 1 aromatic heterocycles. The van der Waals surface area contributed by atoms with Crippen molar-refractivity contribution in [1.82, 2.24) is 9.55 Å². The minimum Gasteiger partial charge on any atom is -0.334 e. The molecule has 0 unspecified atom stereocenters. The van der Waals surface area contributed by atoms with Gasteiger partial charge in [0.25, 0.3) is 0 Å². The number of hydrogen-bond acceptors (Lipinski definition) is 2. The molecule has 15 heavy (non-hydrogen) atoms. The van der Waals surface area contributed by atoms with Crippen molar-refractivity contribution >= 4 is 6.29 Å². The largest absolute Gasteiger partial charge is 0.334 e.